The number of thiophene rings is 1. The van der Waals surface area contributed by atoms with E-state index in [-0.39, 0.29) is 11.7 Å². The maximum Gasteiger partial charge on any atom is 0.217 e. The zero-order chi connectivity index (χ0) is 20.1. The van der Waals surface area contributed by atoms with Crippen LogP contribution in [0.25, 0.3) is 5.69 Å². The Kier molecular flexibility index (Phi) is 6.70. The molecule has 146 valence electrons. The molecular formula is C21H23N3O2S2. The zero-order valence-corrected chi connectivity index (χ0v) is 17.8. The molecule has 1 aromatic carbocycles. The third kappa shape index (κ3) is 5.11. The van der Waals surface area contributed by atoms with Crippen LogP contribution in [0.2, 0.25) is 0 Å². The van der Waals surface area contributed by atoms with Gasteiger partial charge in [-0.25, -0.2) is 4.98 Å². The summed E-state index contributed by atoms with van der Waals surface area (Å²) in [6.45, 7) is 6.28. The number of Topliss-reactive ketones (excluding diaryl/α,β-unsaturated/α-hetero) is 1. The molecule has 0 aliphatic carbocycles. The van der Waals surface area contributed by atoms with Gasteiger partial charge in [0.25, 0.3) is 0 Å². The highest BCUT2D eigenvalue weighted by atomic mass is 32.2. The number of ketones is 1. The van der Waals surface area contributed by atoms with Gasteiger partial charge in [-0.15, -0.1) is 11.3 Å². The topological polar surface area (TPSA) is 64.0 Å². The Morgan fingerprint density at radius 1 is 1.18 bits per heavy atom. The van der Waals surface area contributed by atoms with Crippen LogP contribution in [0.4, 0.5) is 0 Å². The molecule has 0 spiro atoms. The number of hydrogen-bond donors (Lipinski definition) is 1. The first-order valence-electron chi connectivity index (χ1n) is 9.07. The highest BCUT2D eigenvalue weighted by Crippen LogP contribution is 2.25. The standard InChI is InChI=1S/C21H23N3O2S2/c1-14(2)16-4-6-17(7-5-16)24-11-10-22-21(24)27-13-19(26)20-9-8-18(28-20)12-23-15(3)25/h4-11,14H,12-13H2,1-3H3,(H,23,25). The lowest BCUT2D eigenvalue weighted by molar-refractivity contribution is -0.119. The number of imidazole rings is 1. The molecule has 0 saturated carbocycles. The third-order valence-corrected chi connectivity index (χ3v) is 6.32. The van der Waals surface area contributed by atoms with Gasteiger partial charge in [-0.05, 0) is 35.7 Å². The molecule has 0 atom stereocenters. The summed E-state index contributed by atoms with van der Waals surface area (Å²) in [5.41, 5.74) is 2.33. The summed E-state index contributed by atoms with van der Waals surface area (Å²) in [5.74, 6) is 0.796. The largest absolute Gasteiger partial charge is 0.351 e. The number of aromatic nitrogens is 2. The molecule has 3 rings (SSSR count). The predicted octanol–water partition coefficient (Wildman–Crippen LogP) is 4.67. The fraction of sp³-hybridized carbons (Fsp3) is 0.286. The average Bonchev–Trinajstić information content (AvgIpc) is 3.34. The van der Waals surface area contributed by atoms with Crippen LogP contribution in [-0.2, 0) is 11.3 Å². The molecule has 0 aliphatic heterocycles. The van der Waals surface area contributed by atoms with Gasteiger partial charge >= 0.3 is 0 Å². The fourth-order valence-electron chi connectivity index (χ4n) is 2.65. The average molecular weight is 414 g/mol. The molecule has 0 saturated heterocycles. The monoisotopic (exact) mass is 413 g/mol. The Hall–Kier alpha value is -2.38. The second-order valence-electron chi connectivity index (χ2n) is 6.71. The Balaban J connectivity index is 1.63. The first-order valence-corrected chi connectivity index (χ1v) is 10.9. The van der Waals surface area contributed by atoms with Gasteiger partial charge in [0.1, 0.15) is 0 Å². The van der Waals surface area contributed by atoms with Crippen molar-refractivity contribution >= 4 is 34.8 Å². The van der Waals surface area contributed by atoms with E-state index in [1.165, 1.54) is 35.6 Å². The Morgan fingerprint density at radius 2 is 1.93 bits per heavy atom. The summed E-state index contributed by atoms with van der Waals surface area (Å²) in [6.07, 6.45) is 3.66. The van der Waals surface area contributed by atoms with Crippen LogP contribution in [0.5, 0.6) is 0 Å². The number of rotatable bonds is 8. The number of carbonyl (C=O) groups excluding carboxylic acids is 2. The van der Waals surface area contributed by atoms with Crippen molar-refractivity contribution in [2.45, 2.75) is 38.4 Å². The van der Waals surface area contributed by atoms with E-state index >= 15 is 0 Å². The van der Waals surface area contributed by atoms with Crippen LogP contribution in [0.1, 0.15) is 46.8 Å². The Labute approximate surface area is 173 Å². The lowest BCUT2D eigenvalue weighted by atomic mass is 10.0. The van der Waals surface area contributed by atoms with Gasteiger partial charge in [-0.2, -0.15) is 0 Å². The van der Waals surface area contributed by atoms with Crippen molar-refractivity contribution in [3.8, 4) is 5.69 Å². The van der Waals surface area contributed by atoms with Crippen molar-refractivity contribution in [1.29, 1.82) is 0 Å². The second-order valence-corrected chi connectivity index (χ2v) is 8.82. The highest BCUT2D eigenvalue weighted by Gasteiger charge is 2.13. The van der Waals surface area contributed by atoms with E-state index in [1.807, 2.05) is 22.9 Å². The minimum absolute atomic E-state index is 0.0637. The number of hydrogen-bond acceptors (Lipinski definition) is 5. The van der Waals surface area contributed by atoms with Crippen molar-refractivity contribution in [2.75, 3.05) is 5.75 Å². The van der Waals surface area contributed by atoms with Crippen molar-refractivity contribution in [1.82, 2.24) is 14.9 Å². The van der Waals surface area contributed by atoms with Crippen molar-refractivity contribution in [3.63, 3.8) is 0 Å². The van der Waals surface area contributed by atoms with Crippen LogP contribution in [0.3, 0.4) is 0 Å². The van der Waals surface area contributed by atoms with E-state index in [0.717, 1.165) is 15.7 Å². The van der Waals surface area contributed by atoms with Gasteiger partial charge in [-0.3, -0.25) is 14.2 Å². The molecule has 0 unspecified atom stereocenters. The third-order valence-electron chi connectivity index (χ3n) is 4.23. The smallest absolute Gasteiger partial charge is 0.217 e. The van der Waals surface area contributed by atoms with Gasteiger partial charge in [0, 0.05) is 29.9 Å². The van der Waals surface area contributed by atoms with Crippen LogP contribution >= 0.6 is 23.1 Å². The fourth-order valence-corrected chi connectivity index (χ4v) is 4.48. The highest BCUT2D eigenvalue weighted by molar-refractivity contribution is 7.99. The number of nitrogens with one attached hydrogen (secondary N) is 1. The maximum atomic E-state index is 12.5. The van der Waals surface area contributed by atoms with Gasteiger partial charge in [0.2, 0.25) is 5.91 Å². The molecule has 0 fully saturated rings. The molecule has 2 aromatic heterocycles. The summed E-state index contributed by atoms with van der Waals surface area (Å²) in [6, 6.07) is 12.1. The number of thioether (sulfide) groups is 1. The summed E-state index contributed by atoms with van der Waals surface area (Å²) in [7, 11) is 0. The summed E-state index contributed by atoms with van der Waals surface area (Å²) < 4.78 is 2.00. The van der Waals surface area contributed by atoms with Gasteiger partial charge in [-0.1, -0.05) is 37.7 Å². The van der Waals surface area contributed by atoms with Crippen LogP contribution in [0, 0.1) is 0 Å². The normalized spacial score (nSPS) is 11.0. The molecule has 1 N–H and O–H groups in total. The first-order chi connectivity index (χ1) is 13.4. The van der Waals surface area contributed by atoms with Gasteiger partial charge in [0.15, 0.2) is 10.9 Å². The van der Waals surface area contributed by atoms with E-state index < -0.39 is 0 Å². The van der Waals surface area contributed by atoms with Gasteiger partial charge < -0.3 is 5.32 Å². The van der Waals surface area contributed by atoms with E-state index in [1.54, 1.807) is 6.20 Å². The van der Waals surface area contributed by atoms with E-state index in [4.69, 9.17) is 0 Å². The number of carbonyl (C=O) groups is 2. The van der Waals surface area contributed by atoms with Crippen LogP contribution < -0.4 is 5.32 Å². The number of amides is 1. The van der Waals surface area contributed by atoms with Crippen LogP contribution in [-0.4, -0.2) is 27.0 Å². The summed E-state index contributed by atoms with van der Waals surface area (Å²) in [4.78, 5) is 29.6. The Bertz CT molecular complexity index is 958. The first kappa shape index (κ1) is 20.4. The molecule has 2 heterocycles. The number of nitrogens with zero attached hydrogens (tertiary/aromatic N) is 2. The molecule has 0 bridgehead atoms. The molecular weight excluding hydrogens is 390 g/mol. The van der Waals surface area contributed by atoms with E-state index in [0.29, 0.717) is 23.1 Å². The molecule has 3 aromatic rings. The minimum Gasteiger partial charge on any atom is -0.351 e. The van der Waals surface area contributed by atoms with Crippen LogP contribution in [0.15, 0.2) is 53.9 Å². The second kappa shape index (κ2) is 9.21. The van der Waals surface area contributed by atoms with Crippen molar-refractivity contribution in [2.24, 2.45) is 0 Å². The zero-order valence-electron chi connectivity index (χ0n) is 16.1. The lowest BCUT2D eigenvalue weighted by Crippen LogP contribution is -2.18. The van der Waals surface area contributed by atoms with Crippen molar-refractivity contribution < 1.29 is 9.59 Å². The molecule has 0 aliphatic rings. The maximum absolute atomic E-state index is 12.5. The van der Waals surface area contributed by atoms with Gasteiger partial charge in [0.05, 0.1) is 17.2 Å². The van der Waals surface area contributed by atoms with E-state index in [9.17, 15) is 9.59 Å². The molecule has 7 heteroatoms. The molecule has 28 heavy (non-hydrogen) atoms. The number of benzene rings is 1. The quantitative estimate of drug-likeness (QED) is 0.431. The Morgan fingerprint density at radius 3 is 2.61 bits per heavy atom. The van der Waals surface area contributed by atoms with Crippen molar-refractivity contribution in [3.05, 3.63) is 64.1 Å². The van der Waals surface area contributed by atoms with E-state index in [2.05, 4.69) is 48.4 Å². The lowest BCUT2D eigenvalue weighted by Gasteiger charge is -2.10. The SMILES string of the molecule is CC(=O)NCc1ccc(C(=O)CSc2nccn2-c2ccc(C(C)C)cc2)s1. The summed E-state index contributed by atoms with van der Waals surface area (Å²) in [5, 5.41) is 3.54. The molecule has 1 amide bonds. The minimum atomic E-state index is -0.0786. The molecule has 5 nitrogen and oxygen atoms in total. The predicted molar refractivity (Wildman–Crippen MR) is 115 cm³/mol. The summed E-state index contributed by atoms with van der Waals surface area (Å²) >= 11 is 2.85. The molecule has 0 radical (unpaired) electrons.